The van der Waals surface area contributed by atoms with Gasteiger partial charge in [-0.15, -0.1) is 11.3 Å². The van der Waals surface area contributed by atoms with E-state index in [2.05, 4.69) is 77.4 Å². The first-order valence-electron chi connectivity index (χ1n) is 6.80. The second-order valence-corrected chi connectivity index (χ2v) is 5.67. The molecule has 0 unspecified atom stereocenters. The van der Waals surface area contributed by atoms with Gasteiger partial charge < -0.3 is 5.32 Å². The zero-order valence-electron chi connectivity index (χ0n) is 11.3. The number of thiophene rings is 1. The maximum Gasteiger partial charge on any atom is 0.0345 e. The van der Waals surface area contributed by atoms with Gasteiger partial charge in [-0.25, -0.2) is 0 Å². The van der Waals surface area contributed by atoms with E-state index in [0.717, 1.165) is 13.1 Å². The predicted molar refractivity (Wildman–Crippen MR) is 86.7 cm³/mol. The van der Waals surface area contributed by atoms with Gasteiger partial charge in [-0.05, 0) is 28.1 Å². The summed E-state index contributed by atoms with van der Waals surface area (Å²) >= 11 is 1.79. The van der Waals surface area contributed by atoms with Gasteiger partial charge in [-0.3, -0.25) is 0 Å². The maximum absolute atomic E-state index is 3.52. The SMILES string of the molecule is c1ccc(CNCc2ccccc2-c2cccs2)cc1. The quantitative estimate of drug-likeness (QED) is 0.713. The summed E-state index contributed by atoms with van der Waals surface area (Å²) in [7, 11) is 0. The van der Waals surface area contributed by atoms with Crippen LogP contribution < -0.4 is 5.32 Å². The molecule has 0 fully saturated rings. The molecule has 1 nitrogen and oxygen atoms in total. The fourth-order valence-corrected chi connectivity index (χ4v) is 3.07. The average molecular weight is 279 g/mol. The van der Waals surface area contributed by atoms with Gasteiger partial charge in [-0.2, -0.15) is 0 Å². The predicted octanol–water partition coefficient (Wildman–Crippen LogP) is 4.70. The minimum atomic E-state index is 0.892. The third-order valence-electron chi connectivity index (χ3n) is 3.29. The lowest BCUT2D eigenvalue weighted by molar-refractivity contribution is 0.694. The second-order valence-electron chi connectivity index (χ2n) is 4.72. The van der Waals surface area contributed by atoms with Crippen LogP contribution in [0.4, 0.5) is 0 Å². The normalized spacial score (nSPS) is 10.6. The molecule has 100 valence electrons. The van der Waals surface area contributed by atoms with Crippen LogP contribution in [0.5, 0.6) is 0 Å². The van der Waals surface area contributed by atoms with Crippen molar-refractivity contribution in [2.24, 2.45) is 0 Å². The van der Waals surface area contributed by atoms with E-state index in [1.54, 1.807) is 11.3 Å². The number of nitrogens with one attached hydrogen (secondary N) is 1. The highest BCUT2D eigenvalue weighted by atomic mass is 32.1. The Balaban J connectivity index is 1.69. The third kappa shape index (κ3) is 3.16. The minimum Gasteiger partial charge on any atom is -0.309 e. The molecule has 0 aliphatic carbocycles. The van der Waals surface area contributed by atoms with Crippen molar-refractivity contribution < 1.29 is 0 Å². The first kappa shape index (κ1) is 13.1. The summed E-state index contributed by atoms with van der Waals surface area (Å²) in [5, 5.41) is 5.65. The third-order valence-corrected chi connectivity index (χ3v) is 4.19. The minimum absolute atomic E-state index is 0.892. The van der Waals surface area contributed by atoms with E-state index in [-0.39, 0.29) is 0 Å². The summed E-state index contributed by atoms with van der Waals surface area (Å²) in [6.45, 7) is 1.79. The number of hydrogen-bond donors (Lipinski definition) is 1. The van der Waals surface area contributed by atoms with Gasteiger partial charge in [-0.1, -0.05) is 60.7 Å². The van der Waals surface area contributed by atoms with Crippen LogP contribution in [0.1, 0.15) is 11.1 Å². The van der Waals surface area contributed by atoms with Gasteiger partial charge in [0, 0.05) is 18.0 Å². The van der Waals surface area contributed by atoms with Crippen molar-refractivity contribution in [2.75, 3.05) is 0 Å². The van der Waals surface area contributed by atoms with Gasteiger partial charge in [0.25, 0.3) is 0 Å². The van der Waals surface area contributed by atoms with Crippen LogP contribution in [0.3, 0.4) is 0 Å². The molecule has 1 aromatic heterocycles. The highest BCUT2D eigenvalue weighted by molar-refractivity contribution is 7.13. The molecule has 0 aliphatic rings. The van der Waals surface area contributed by atoms with Crippen molar-refractivity contribution >= 4 is 11.3 Å². The standard InChI is InChI=1S/C18H17NS/c1-2-7-15(8-3-1)13-19-14-16-9-4-5-10-17(16)18-11-6-12-20-18/h1-12,19H,13-14H2. The summed E-state index contributed by atoms with van der Waals surface area (Å²) < 4.78 is 0. The summed E-state index contributed by atoms with van der Waals surface area (Å²) in [6.07, 6.45) is 0. The van der Waals surface area contributed by atoms with E-state index in [0.29, 0.717) is 0 Å². The lowest BCUT2D eigenvalue weighted by Gasteiger charge is -2.09. The zero-order chi connectivity index (χ0) is 13.6. The number of rotatable bonds is 5. The molecular formula is C18H17NS. The first-order valence-corrected chi connectivity index (χ1v) is 7.68. The van der Waals surface area contributed by atoms with E-state index in [1.165, 1.54) is 21.6 Å². The van der Waals surface area contributed by atoms with Crippen LogP contribution in [0.2, 0.25) is 0 Å². The maximum atomic E-state index is 3.52. The van der Waals surface area contributed by atoms with Crippen LogP contribution in [0.25, 0.3) is 10.4 Å². The molecule has 1 N–H and O–H groups in total. The topological polar surface area (TPSA) is 12.0 Å². The Labute approximate surface area is 123 Å². The zero-order valence-corrected chi connectivity index (χ0v) is 12.1. The van der Waals surface area contributed by atoms with Crippen LogP contribution in [-0.4, -0.2) is 0 Å². The lowest BCUT2D eigenvalue weighted by atomic mass is 10.1. The Bertz CT molecular complexity index is 644. The Morgan fingerprint density at radius 2 is 1.55 bits per heavy atom. The molecule has 0 aliphatic heterocycles. The summed E-state index contributed by atoms with van der Waals surface area (Å²) in [4.78, 5) is 1.34. The van der Waals surface area contributed by atoms with Crippen LogP contribution in [0.15, 0.2) is 72.1 Å². The second kappa shape index (κ2) is 6.51. The molecule has 0 amide bonds. The van der Waals surface area contributed by atoms with Crippen LogP contribution in [0, 0.1) is 0 Å². The largest absolute Gasteiger partial charge is 0.309 e. The highest BCUT2D eigenvalue weighted by Gasteiger charge is 2.04. The smallest absolute Gasteiger partial charge is 0.0345 e. The highest BCUT2D eigenvalue weighted by Crippen LogP contribution is 2.27. The van der Waals surface area contributed by atoms with Crippen molar-refractivity contribution in [1.82, 2.24) is 5.32 Å². The molecular weight excluding hydrogens is 262 g/mol. The van der Waals surface area contributed by atoms with E-state index in [4.69, 9.17) is 0 Å². The summed E-state index contributed by atoms with van der Waals surface area (Å²) in [6, 6.07) is 23.4. The van der Waals surface area contributed by atoms with E-state index in [1.807, 2.05) is 0 Å². The molecule has 0 saturated heterocycles. The number of benzene rings is 2. The summed E-state index contributed by atoms with van der Waals surface area (Å²) in [5.41, 5.74) is 4.01. The Morgan fingerprint density at radius 1 is 0.750 bits per heavy atom. The fraction of sp³-hybridized carbons (Fsp3) is 0.111. The Kier molecular flexibility index (Phi) is 4.26. The van der Waals surface area contributed by atoms with Gasteiger partial charge in [0.2, 0.25) is 0 Å². The molecule has 20 heavy (non-hydrogen) atoms. The van der Waals surface area contributed by atoms with Crippen molar-refractivity contribution in [1.29, 1.82) is 0 Å². The van der Waals surface area contributed by atoms with Crippen molar-refractivity contribution in [3.05, 3.63) is 83.2 Å². The molecule has 2 aromatic carbocycles. The van der Waals surface area contributed by atoms with Crippen molar-refractivity contribution in [2.45, 2.75) is 13.1 Å². The lowest BCUT2D eigenvalue weighted by Crippen LogP contribution is -2.13. The molecule has 0 radical (unpaired) electrons. The van der Waals surface area contributed by atoms with Gasteiger partial charge in [0.15, 0.2) is 0 Å². The molecule has 0 saturated carbocycles. The van der Waals surface area contributed by atoms with E-state index < -0.39 is 0 Å². The first-order chi connectivity index (χ1) is 9.93. The fourth-order valence-electron chi connectivity index (χ4n) is 2.28. The van der Waals surface area contributed by atoms with Gasteiger partial charge >= 0.3 is 0 Å². The van der Waals surface area contributed by atoms with Crippen molar-refractivity contribution in [3.8, 4) is 10.4 Å². The Hall–Kier alpha value is -1.90. The molecule has 0 spiro atoms. The van der Waals surface area contributed by atoms with Crippen molar-refractivity contribution in [3.63, 3.8) is 0 Å². The Morgan fingerprint density at radius 3 is 2.35 bits per heavy atom. The molecule has 3 rings (SSSR count). The van der Waals surface area contributed by atoms with Gasteiger partial charge in [0.05, 0.1) is 0 Å². The van der Waals surface area contributed by atoms with Gasteiger partial charge in [0.1, 0.15) is 0 Å². The molecule has 0 atom stereocenters. The van der Waals surface area contributed by atoms with E-state index in [9.17, 15) is 0 Å². The number of hydrogen-bond acceptors (Lipinski definition) is 2. The van der Waals surface area contributed by atoms with Crippen LogP contribution in [-0.2, 0) is 13.1 Å². The van der Waals surface area contributed by atoms with Crippen LogP contribution >= 0.6 is 11.3 Å². The average Bonchev–Trinajstić information content (AvgIpc) is 3.03. The molecule has 2 heteroatoms. The molecule has 0 bridgehead atoms. The monoisotopic (exact) mass is 279 g/mol. The molecule has 1 heterocycles. The summed E-state index contributed by atoms with van der Waals surface area (Å²) in [5.74, 6) is 0. The molecule has 3 aromatic rings. The van der Waals surface area contributed by atoms with E-state index >= 15 is 0 Å².